The van der Waals surface area contributed by atoms with Crippen LogP contribution in [0, 0.1) is 5.92 Å². The minimum Gasteiger partial charge on any atom is -0.298 e. The topological polar surface area (TPSA) is 79.4 Å². The highest BCUT2D eigenvalue weighted by molar-refractivity contribution is 7.90. The van der Waals surface area contributed by atoms with Crippen LogP contribution in [0.1, 0.15) is 35.8 Å². The quantitative estimate of drug-likeness (QED) is 0.845. The van der Waals surface area contributed by atoms with Crippen LogP contribution in [0.2, 0.25) is 0 Å². The first-order chi connectivity index (χ1) is 12.3. The van der Waals surface area contributed by atoms with Crippen LogP contribution >= 0.6 is 11.3 Å². The molecule has 0 saturated carbocycles. The van der Waals surface area contributed by atoms with Crippen molar-refractivity contribution in [3.63, 3.8) is 0 Å². The molecule has 1 aromatic heterocycles. The Balaban J connectivity index is 1.67. The van der Waals surface area contributed by atoms with Crippen LogP contribution in [0.15, 0.2) is 34.5 Å². The number of amides is 1. The number of carbonyl (C=O) groups is 1. The molecule has 0 spiro atoms. The van der Waals surface area contributed by atoms with E-state index in [0.29, 0.717) is 5.13 Å². The van der Waals surface area contributed by atoms with Gasteiger partial charge in [-0.15, -0.1) is 11.3 Å². The average molecular weight is 394 g/mol. The van der Waals surface area contributed by atoms with Crippen LogP contribution < -0.4 is 5.32 Å². The lowest BCUT2D eigenvalue weighted by Crippen LogP contribution is -2.32. The Labute approximate surface area is 158 Å². The number of rotatable bonds is 5. The van der Waals surface area contributed by atoms with Crippen molar-refractivity contribution in [3.05, 3.63) is 40.9 Å². The van der Waals surface area contributed by atoms with Gasteiger partial charge < -0.3 is 0 Å². The maximum absolute atomic E-state index is 12.5. The van der Waals surface area contributed by atoms with Crippen LogP contribution in [0.25, 0.3) is 0 Å². The first kappa shape index (κ1) is 19.0. The van der Waals surface area contributed by atoms with Crippen molar-refractivity contribution < 1.29 is 13.2 Å². The van der Waals surface area contributed by atoms with Gasteiger partial charge in [0.25, 0.3) is 5.91 Å². The highest BCUT2D eigenvalue weighted by atomic mass is 32.2. The number of likely N-dealkylation sites (tertiary alicyclic amines) is 1. The third-order valence-corrected chi connectivity index (χ3v) is 6.53. The number of benzene rings is 1. The summed E-state index contributed by atoms with van der Waals surface area (Å²) in [6.45, 7) is 5.20. The number of aromatic nitrogens is 1. The smallest absolute Gasteiger partial charge is 0.258 e. The van der Waals surface area contributed by atoms with Gasteiger partial charge in [-0.2, -0.15) is 0 Å². The van der Waals surface area contributed by atoms with Gasteiger partial charge in [0.2, 0.25) is 0 Å². The van der Waals surface area contributed by atoms with E-state index < -0.39 is 15.7 Å². The maximum Gasteiger partial charge on any atom is 0.258 e. The van der Waals surface area contributed by atoms with Gasteiger partial charge in [-0.1, -0.05) is 19.1 Å². The summed E-state index contributed by atoms with van der Waals surface area (Å²) in [5.74, 6) is 0.324. The van der Waals surface area contributed by atoms with Crippen LogP contribution in [-0.2, 0) is 16.4 Å². The third kappa shape index (κ3) is 4.69. The van der Waals surface area contributed by atoms with Crippen molar-refractivity contribution in [2.24, 2.45) is 5.92 Å². The molecule has 6 nitrogen and oxygen atoms in total. The number of piperidine rings is 1. The Hall–Kier alpha value is -1.77. The molecule has 1 fully saturated rings. The number of carbonyl (C=O) groups excluding carboxylic acids is 1. The predicted molar refractivity (Wildman–Crippen MR) is 103 cm³/mol. The van der Waals surface area contributed by atoms with Crippen molar-refractivity contribution in [1.29, 1.82) is 0 Å². The zero-order valence-corrected chi connectivity index (χ0v) is 16.6. The summed E-state index contributed by atoms with van der Waals surface area (Å²) in [5, 5.41) is 5.15. The van der Waals surface area contributed by atoms with E-state index in [1.165, 1.54) is 36.3 Å². The van der Waals surface area contributed by atoms with Gasteiger partial charge in [0.15, 0.2) is 15.0 Å². The maximum atomic E-state index is 12.5. The standard InChI is InChI=1S/C18H23N3O3S2/c1-13-7-9-21(10-8-13)11-14-12-25-18(19-14)20-17(22)15-5-3-4-6-16(15)26(2,23)24/h3-6,12-13H,7-11H2,1-2H3,(H,19,20,22). The van der Waals surface area contributed by atoms with Crippen LogP contribution in [0.3, 0.4) is 0 Å². The van der Waals surface area contributed by atoms with Crippen molar-refractivity contribution in [2.45, 2.75) is 31.2 Å². The normalized spacial score (nSPS) is 16.5. The SMILES string of the molecule is CC1CCN(Cc2csc(NC(=O)c3ccccc3S(C)(=O)=O)n2)CC1. The van der Waals surface area contributed by atoms with E-state index in [9.17, 15) is 13.2 Å². The van der Waals surface area contributed by atoms with Crippen LogP contribution in [0.4, 0.5) is 5.13 Å². The monoisotopic (exact) mass is 393 g/mol. The lowest BCUT2D eigenvalue weighted by molar-refractivity contribution is 0.102. The molecule has 2 aromatic rings. The summed E-state index contributed by atoms with van der Waals surface area (Å²) in [6.07, 6.45) is 3.51. The lowest BCUT2D eigenvalue weighted by Gasteiger charge is -2.29. The van der Waals surface area contributed by atoms with Crippen LogP contribution in [0.5, 0.6) is 0 Å². The van der Waals surface area contributed by atoms with E-state index in [1.807, 2.05) is 5.38 Å². The third-order valence-electron chi connectivity index (χ3n) is 4.57. The number of hydrogen-bond donors (Lipinski definition) is 1. The van der Waals surface area contributed by atoms with E-state index in [4.69, 9.17) is 0 Å². The van der Waals surface area contributed by atoms with Crippen LogP contribution in [-0.4, -0.2) is 43.6 Å². The van der Waals surface area contributed by atoms with E-state index in [-0.39, 0.29) is 10.5 Å². The second kappa shape index (κ2) is 7.85. The molecule has 0 atom stereocenters. The first-order valence-corrected chi connectivity index (χ1v) is 11.4. The van der Waals surface area contributed by atoms with Gasteiger partial charge in [-0.05, 0) is 44.0 Å². The minimum atomic E-state index is -3.47. The second-order valence-electron chi connectivity index (χ2n) is 6.83. The number of nitrogens with one attached hydrogen (secondary N) is 1. The van der Waals surface area contributed by atoms with Crippen molar-refractivity contribution in [3.8, 4) is 0 Å². The molecule has 3 rings (SSSR count). The highest BCUT2D eigenvalue weighted by Gasteiger charge is 2.20. The summed E-state index contributed by atoms with van der Waals surface area (Å²) in [6, 6.07) is 6.20. The number of sulfone groups is 1. The number of hydrogen-bond acceptors (Lipinski definition) is 6. The lowest BCUT2D eigenvalue weighted by atomic mass is 9.99. The Bertz CT molecular complexity index is 885. The summed E-state index contributed by atoms with van der Waals surface area (Å²) < 4.78 is 23.7. The Morgan fingerprint density at radius 3 is 2.69 bits per heavy atom. The molecule has 1 aromatic carbocycles. The molecule has 26 heavy (non-hydrogen) atoms. The molecular formula is C18H23N3O3S2. The van der Waals surface area contributed by atoms with E-state index in [1.54, 1.807) is 12.1 Å². The van der Waals surface area contributed by atoms with Gasteiger partial charge in [0.1, 0.15) is 0 Å². The molecule has 1 amide bonds. The van der Waals surface area contributed by atoms with E-state index in [2.05, 4.69) is 22.1 Å². The molecule has 1 aliphatic rings. The van der Waals surface area contributed by atoms with E-state index >= 15 is 0 Å². The fourth-order valence-corrected chi connectivity index (χ4v) is 4.61. The predicted octanol–water partition coefficient (Wildman–Crippen LogP) is 3.03. The molecular weight excluding hydrogens is 370 g/mol. The number of nitrogens with zero attached hydrogens (tertiary/aromatic N) is 2. The zero-order valence-electron chi connectivity index (χ0n) is 14.9. The molecule has 0 unspecified atom stereocenters. The summed E-state index contributed by atoms with van der Waals surface area (Å²) in [5.41, 5.74) is 1.06. The Morgan fingerprint density at radius 2 is 2.00 bits per heavy atom. The minimum absolute atomic E-state index is 0.0247. The van der Waals surface area contributed by atoms with E-state index in [0.717, 1.165) is 37.5 Å². The fraction of sp³-hybridized carbons (Fsp3) is 0.444. The Kier molecular flexibility index (Phi) is 5.74. The number of anilines is 1. The van der Waals surface area contributed by atoms with Gasteiger partial charge in [-0.3, -0.25) is 15.0 Å². The summed E-state index contributed by atoms with van der Waals surface area (Å²) in [7, 11) is -3.47. The molecule has 0 radical (unpaired) electrons. The molecule has 140 valence electrons. The van der Waals surface area contributed by atoms with Crippen molar-refractivity contribution in [1.82, 2.24) is 9.88 Å². The molecule has 0 aliphatic carbocycles. The highest BCUT2D eigenvalue weighted by Crippen LogP contribution is 2.22. The molecule has 8 heteroatoms. The van der Waals surface area contributed by atoms with Gasteiger partial charge >= 0.3 is 0 Å². The molecule has 1 N–H and O–H groups in total. The largest absolute Gasteiger partial charge is 0.298 e. The molecule has 1 aliphatic heterocycles. The van der Waals surface area contributed by atoms with Crippen molar-refractivity contribution >= 4 is 32.2 Å². The van der Waals surface area contributed by atoms with Crippen molar-refractivity contribution in [2.75, 3.05) is 24.7 Å². The molecule has 0 bridgehead atoms. The van der Waals surface area contributed by atoms with Gasteiger partial charge in [0.05, 0.1) is 16.2 Å². The number of thiazole rings is 1. The summed E-state index contributed by atoms with van der Waals surface area (Å²) in [4.78, 5) is 19.4. The summed E-state index contributed by atoms with van der Waals surface area (Å²) >= 11 is 1.36. The zero-order chi connectivity index (χ0) is 18.7. The first-order valence-electron chi connectivity index (χ1n) is 8.60. The van der Waals surface area contributed by atoms with Gasteiger partial charge in [0, 0.05) is 18.2 Å². The fourth-order valence-electron chi connectivity index (χ4n) is 3.03. The van der Waals surface area contributed by atoms with Gasteiger partial charge in [-0.25, -0.2) is 13.4 Å². The molecule has 2 heterocycles. The second-order valence-corrected chi connectivity index (χ2v) is 9.67. The molecule has 1 saturated heterocycles. The average Bonchev–Trinajstić information content (AvgIpc) is 3.03. The Morgan fingerprint density at radius 1 is 1.31 bits per heavy atom.